The molecule has 1 heterocycles. The minimum Gasteiger partial charge on any atom is -0.481 e. The van der Waals surface area contributed by atoms with Gasteiger partial charge in [0, 0.05) is 13.0 Å². The summed E-state index contributed by atoms with van der Waals surface area (Å²) >= 11 is 0. The molecule has 12 heavy (non-hydrogen) atoms. The molecule has 0 aromatic rings. The van der Waals surface area contributed by atoms with Gasteiger partial charge in [-0.2, -0.15) is 4.99 Å². The van der Waals surface area contributed by atoms with Gasteiger partial charge in [0.05, 0.1) is 6.54 Å². The summed E-state index contributed by atoms with van der Waals surface area (Å²) in [4.78, 5) is 5.36. The van der Waals surface area contributed by atoms with Crippen LogP contribution >= 0.6 is 0 Å². The van der Waals surface area contributed by atoms with Crippen molar-refractivity contribution in [2.45, 2.75) is 19.1 Å². The first-order valence-corrected chi connectivity index (χ1v) is 3.98. The molecule has 0 amide bonds. The van der Waals surface area contributed by atoms with Crippen LogP contribution in [0.25, 0.3) is 0 Å². The van der Waals surface area contributed by atoms with E-state index < -0.39 is 5.72 Å². The van der Waals surface area contributed by atoms with Crippen molar-refractivity contribution in [3.8, 4) is 0 Å². The Labute approximate surface area is 71.8 Å². The van der Waals surface area contributed by atoms with Crippen LogP contribution in [-0.2, 0) is 0 Å². The van der Waals surface area contributed by atoms with Gasteiger partial charge in [0.2, 0.25) is 0 Å². The van der Waals surface area contributed by atoms with E-state index in [4.69, 9.17) is 0 Å². The summed E-state index contributed by atoms with van der Waals surface area (Å²) in [5.41, 5.74) is -1.16. The normalized spacial score (nSPS) is 28.8. The molecule has 1 rings (SSSR count). The Kier molecular flexibility index (Phi) is 2.38. The largest absolute Gasteiger partial charge is 0.481 e. The van der Waals surface area contributed by atoms with E-state index in [9.17, 15) is 10.2 Å². The summed E-state index contributed by atoms with van der Waals surface area (Å²) in [5.74, 6) is 0. The van der Waals surface area contributed by atoms with E-state index in [0.717, 1.165) is 0 Å². The Morgan fingerprint density at radius 3 is 2.92 bits per heavy atom. The molecule has 1 atom stereocenters. The maximum atomic E-state index is 9.70. The average molecular weight is 170 g/mol. The highest BCUT2D eigenvalue weighted by Gasteiger charge is 2.35. The topological polar surface area (TPSA) is 56.1 Å². The van der Waals surface area contributed by atoms with Crippen molar-refractivity contribution in [3.63, 3.8) is 0 Å². The van der Waals surface area contributed by atoms with Crippen LogP contribution in [0.15, 0.2) is 17.6 Å². The second-order valence-corrected chi connectivity index (χ2v) is 2.90. The smallest absolute Gasteiger partial charge is 0.287 e. The molecule has 0 fully saturated rings. The van der Waals surface area contributed by atoms with Gasteiger partial charge in [0.15, 0.2) is 5.72 Å². The van der Waals surface area contributed by atoms with Crippen LogP contribution in [0.4, 0.5) is 0 Å². The molecule has 0 aromatic heterocycles. The van der Waals surface area contributed by atoms with E-state index >= 15 is 0 Å². The summed E-state index contributed by atoms with van der Waals surface area (Å²) in [6, 6.07) is -0.0816. The minimum atomic E-state index is -1.16. The molecule has 0 radical (unpaired) electrons. The van der Waals surface area contributed by atoms with E-state index in [1.54, 1.807) is 11.0 Å². The first-order chi connectivity index (χ1) is 5.61. The fourth-order valence-electron chi connectivity index (χ4n) is 1.26. The van der Waals surface area contributed by atoms with Crippen LogP contribution in [-0.4, -0.2) is 39.9 Å². The van der Waals surface area contributed by atoms with Gasteiger partial charge in [-0.25, -0.2) is 0 Å². The highest BCUT2D eigenvalue weighted by atomic mass is 16.3. The van der Waals surface area contributed by atoms with Gasteiger partial charge in [-0.3, -0.25) is 0 Å². The monoisotopic (exact) mass is 170 g/mol. The molecule has 0 saturated heterocycles. The molecule has 0 spiro atoms. The van der Waals surface area contributed by atoms with Crippen molar-refractivity contribution in [1.29, 1.82) is 0 Å². The molecule has 0 saturated carbocycles. The third-order valence-corrected chi connectivity index (χ3v) is 1.89. The molecule has 2 N–H and O–H groups in total. The first kappa shape index (κ1) is 9.06. The number of aliphatic hydroxyl groups excluding tert-OH is 1. The number of aliphatic imine (C=N–C) groups is 1. The van der Waals surface area contributed by atoms with Crippen LogP contribution in [0.3, 0.4) is 0 Å². The van der Waals surface area contributed by atoms with Gasteiger partial charge < -0.3 is 15.1 Å². The quantitative estimate of drug-likeness (QED) is 0.606. The zero-order chi connectivity index (χ0) is 9.19. The number of amidine groups is 1. The van der Waals surface area contributed by atoms with E-state index in [1.807, 2.05) is 6.92 Å². The second-order valence-electron chi connectivity index (χ2n) is 2.90. The predicted molar refractivity (Wildman–Crippen MR) is 47.1 cm³/mol. The maximum absolute atomic E-state index is 9.70. The van der Waals surface area contributed by atoms with Crippen molar-refractivity contribution < 1.29 is 10.2 Å². The summed E-state index contributed by atoms with van der Waals surface area (Å²) in [6.07, 6.45) is 1.96. The summed E-state index contributed by atoms with van der Waals surface area (Å²) in [6.45, 7) is 6.41. The third kappa shape index (κ3) is 1.58. The average Bonchev–Trinajstić information content (AvgIpc) is 2.27. The van der Waals surface area contributed by atoms with Crippen molar-refractivity contribution in [2.75, 3.05) is 13.1 Å². The second kappa shape index (κ2) is 3.15. The van der Waals surface area contributed by atoms with Crippen molar-refractivity contribution >= 4 is 6.02 Å². The number of β-amino-alcohol motifs (C(OH)–C–C–N with tert-alkyl or cyclic N) is 1. The summed E-state index contributed by atoms with van der Waals surface area (Å²) in [5, 5.41) is 18.9. The van der Waals surface area contributed by atoms with E-state index in [-0.39, 0.29) is 6.02 Å². The Hall–Kier alpha value is -1.03. The van der Waals surface area contributed by atoms with Gasteiger partial charge in [0.25, 0.3) is 6.02 Å². The van der Waals surface area contributed by atoms with Crippen molar-refractivity contribution in [3.05, 3.63) is 12.7 Å². The number of rotatable bonds is 3. The standard InChI is InChI=1S/C8H14N2O2/c1-3-5-8(12)6-10(4-2)7(11)9-8/h3,12H,1,4-6H2,2H3,(H,9,11). The van der Waals surface area contributed by atoms with Gasteiger partial charge in [-0.05, 0) is 6.92 Å². The number of aliphatic hydroxyl groups is 2. The third-order valence-electron chi connectivity index (χ3n) is 1.89. The summed E-state index contributed by atoms with van der Waals surface area (Å²) in [7, 11) is 0. The van der Waals surface area contributed by atoms with Crippen LogP contribution in [0, 0.1) is 0 Å². The van der Waals surface area contributed by atoms with E-state index in [1.165, 1.54) is 0 Å². The zero-order valence-corrected chi connectivity index (χ0v) is 7.19. The van der Waals surface area contributed by atoms with Crippen molar-refractivity contribution in [1.82, 2.24) is 4.90 Å². The summed E-state index contributed by atoms with van der Waals surface area (Å²) < 4.78 is 0. The number of nitrogens with zero attached hydrogens (tertiary/aromatic N) is 2. The van der Waals surface area contributed by atoms with Crippen LogP contribution in [0.1, 0.15) is 13.3 Å². The molecule has 1 aliphatic rings. The molecular formula is C8H14N2O2. The fourth-order valence-corrected chi connectivity index (χ4v) is 1.26. The highest BCUT2D eigenvalue weighted by molar-refractivity contribution is 5.74. The van der Waals surface area contributed by atoms with Crippen molar-refractivity contribution in [2.24, 2.45) is 4.99 Å². The lowest BCUT2D eigenvalue weighted by atomic mass is 10.1. The molecule has 4 nitrogen and oxygen atoms in total. The Morgan fingerprint density at radius 2 is 2.50 bits per heavy atom. The predicted octanol–water partition coefficient (Wildman–Crippen LogP) is 0.501. The van der Waals surface area contributed by atoms with Gasteiger partial charge in [-0.15, -0.1) is 6.58 Å². The lowest BCUT2D eigenvalue weighted by Gasteiger charge is -2.19. The Bertz CT molecular complexity index is 215. The molecule has 1 unspecified atom stereocenters. The Balaban J connectivity index is 2.69. The molecular weight excluding hydrogens is 156 g/mol. The zero-order valence-electron chi connectivity index (χ0n) is 7.19. The molecule has 0 aromatic carbocycles. The van der Waals surface area contributed by atoms with E-state index in [0.29, 0.717) is 19.5 Å². The molecule has 1 aliphatic heterocycles. The minimum absolute atomic E-state index is 0.0816. The molecule has 68 valence electrons. The highest BCUT2D eigenvalue weighted by Crippen LogP contribution is 2.21. The van der Waals surface area contributed by atoms with Gasteiger partial charge >= 0.3 is 0 Å². The number of hydrogen-bond acceptors (Lipinski definition) is 3. The van der Waals surface area contributed by atoms with E-state index in [2.05, 4.69) is 11.6 Å². The number of hydrogen-bond donors (Lipinski definition) is 2. The number of likely N-dealkylation sites (N-methyl/N-ethyl adjacent to an activating group) is 1. The first-order valence-electron chi connectivity index (χ1n) is 3.98. The molecule has 4 heteroatoms. The lowest BCUT2D eigenvalue weighted by molar-refractivity contribution is 0.0488. The molecule has 0 bridgehead atoms. The van der Waals surface area contributed by atoms with Crippen LogP contribution in [0.2, 0.25) is 0 Å². The SMILES string of the molecule is C=CCC1(O)CN(CC)C(O)=N1. The van der Waals surface area contributed by atoms with Crippen LogP contribution in [0.5, 0.6) is 0 Å². The van der Waals surface area contributed by atoms with Gasteiger partial charge in [0.1, 0.15) is 0 Å². The Morgan fingerprint density at radius 1 is 1.83 bits per heavy atom. The van der Waals surface area contributed by atoms with Crippen LogP contribution < -0.4 is 0 Å². The molecule has 0 aliphatic carbocycles. The van der Waals surface area contributed by atoms with Gasteiger partial charge in [-0.1, -0.05) is 6.08 Å². The fraction of sp³-hybridized carbons (Fsp3) is 0.625. The lowest BCUT2D eigenvalue weighted by Crippen LogP contribution is -2.35. The maximum Gasteiger partial charge on any atom is 0.287 e.